The number of carbonyl (C=O) groups excluding carboxylic acids is 1. The van der Waals surface area contributed by atoms with Crippen LogP contribution in [0.4, 0.5) is 0 Å². The average Bonchev–Trinajstić information content (AvgIpc) is 3.13. The SMILES string of the molecule is CCc1ccc2cc(-c3cc4cc(Br)ccc4o3)c(C=O)n2c1. The van der Waals surface area contributed by atoms with E-state index in [0.29, 0.717) is 11.5 Å². The van der Waals surface area contributed by atoms with Gasteiger partial charge in [0.1, 0.15) is 11.3 Å². The molecule has 4 rings (SSSR count). The maximum absolute atomic E-state index is 11.7. The van der Waals surface area contributed by atoms with Gasteiger partial charge in [0.05, 0.1) is 5.69 Å². The highest BCUT2D eigenvalue weighted by molar-refractivity contribution is 9.10. The van der Waals surface area contributed by atoms with Crippen molar-refractivity contribution in [3.8, 4) is 11.3 Å². The molecule has 0 aliphatic carbocycles. The number of rotatable bonds is 3. The second kappa shape index (κ2) is 5.39. The summed E-state index contributed by atoms with van der Waals surface area (Å²) in [5.74, 6) is 0.710. The van der Waals surface area contributed by atoms with E-state index < -0.39 is 0 Å². The molecule has 0 fully saturated rings. The van der Waals surface area contributed by atoms with Gasteiger partial charge in [-0.2, -0.15) is 0 Å². The van der Waals surface area contributed by atoms with Gasteiger partial charge in [0, 0.05) is 27.1 Å². The normalized spacial score (nSPS) is 11.4. The van der Waals surface area contributed by atoms with Crippen molar-refractivity contribution in [1.29, 1.82) is 0 Å². The molecule has 0 atom stereocenters. The number of aryl methyl sites for hydroxylation is 1. The molecular formula is C19H14BrNO2. The first-order valence-electron chi connectivity index (χ1n) is 7.48. The number of furan rings is 1. The van der Waals surface area contributed by atoms with E-state index in [1.165, 1.54) is 5.56 Å². The standard InChI is InChI=1S/C19H14BrNO2/c1-2-12-3-5-15-9-16(17(11-22)21(15)10-12)19-8-13-7-14(20)4-6-18(13)23-19/h3-11H,2H2,1H3. The molecule has 3 aromatic heterocycles. The highest BCUT2D eigenvalue weighted by atomic mass is 79.9. The van der Waals surface area contributed by atoms with Crippen molar-refractivity contribution >= 4 is 38.7 Å². The lowest BCUT2D eigenvalue weighted by atomic mass is 10.2. The van der Waals surface area contributed by atoms with Crippen LogP contribution in [-0.2, 0) is 6.42 Å². The molecule has 4 aromatic rings. The molecule has 0 aliphatic rings. The summed E-state index contributed by atoms with van der Waals surface area (Å²) in [5, 5.41) is 1.01. The molecular weight excluding hydrogens is 354 g/mol. The molecule has 1 aromatic carbocycles. The molecule has 0 saturated heterocycles. The van der Waals surface area contributed by atoms with Crippen molar-refractivity contribution in [3.05, 3.63) is 64.4 Å². The third-order valence-corrected chi connectivity index (χ3v) is 4.63. The zero-order chi connectivity index (χ0) is 16.0. The predicted molar refractivity (Wildman–Crippen MR) is 95.1 cm³/mol. The van der Waals surface area contributed by atoms with Gasteiger partial charge in [0.2, 0.25) is 0 Å². The molecule has 0 aliphatic heterocycles. The van der Waals surface area contributed by atoms with E-state index in [1.54, 1.807) is 0 Å². The quantitative estimate of drug-likeness (QED) is 0.448. The number of hydrogen-bond donors (Lipinski definition) is 0. The second-order valence-electron chi connectivity index (χ2n) is 5.54. The first kappa shape index (κ1) is 14.3. The number of hydrogen-bond acceptors (Lipinski definition) is 2. The molecule has 23 heavy (non-hydrogen) atoms. The van der Waals surface area contributed by atoms with Crippen LogP contribution in [0.2, 0.25) is 0 Å². The van der Waals surface area contributed by atoms with Gasteiger partial charge in [-0.05, 0) is 48.4 Å². The predicted octanol–water partition coefficient (Wildman–Crippen LogP) is 5.49. The van der Waals surface area contributed by atoms with E-state index in [-0.39, 0.29) is 0 Å². The number of aldehydes is 1. The molecule has 0 unspecified atom stereocenters. The largest absolute Gasteiger partial charge is 0.456 e. The molecule has 0 amide bonds. The molecule has 0 saturated carbocycles. The van der Waals surface area contributed by atoms with Crippen molar-refractivity contribution in [2.45, 2.75) is 13.3 Å². The lowest BCUT2D eigenvalue weighted by Gasteiger charge is -2.01. The van der Waals surface area contributed by atoms with Crippen LogP contribution < -0.4 is 0 Å². The second-order valence-corrected chi connectivity index (χ2v) is 6.46. The van der Waals surface area contributed by atoms with E-state index in [4.69, 9.17) is 4.42 Å². The number of nitrogens with zero attached hydrogens (tertiary/aromatic N) is 1. The van der Waals surface area contributed by atoms with Gasteiger partial charge in [-0.15, -0.1) is 0 Å². The minimum atomic E-state index is 0.619. The van der Waals surface area contributed by atoms with Gasteiger partial charge in [-0.1, -0.05) is 28.9 Å². The van der Waals surface area contributed by atoms with E-state index in [0.717, 1.165) is 39.2 Å². The molecule has 114 valence electrons. The number of aromatic nitrogens is 1. The Kier molecular flexibility index (Phi) is 3.34. The molecule has 0 spiro atoms. The monoisotopic (exact) mass is 367 g/mol. The van der Waals surface area contributed by atoms with Crippen LogP contribution >= 0.6 is 15.9 Å². The summed E-state index contributed by atoms with van der Waals surface area (Å²) in [6.07, 6.45) is 3.84. The Hall–Kier alpha value is -2.33. The third-order valence-electron chi connectivity index (χ3n) is 4.13. The van der Waals surface area contributed by atoms with Crippen LogP contribution in [0.3, 0.4) is 0 Å². The highest BCUT2D eigenvalue weighted by Gasteiger charge is 2.15. The first-order valence-corrected chi connectivity index (χ1v) is 8.27. The summed E-state index contributed by atoms with van der Waals surface area (Å²) >= 11 is 3.47. The van der Waals surface area contributed by atoms with Crippen LogP contribution in [0.15, 0.2) is 57.6 Å². The van der Waals surface area contributed by atoms with E-state index in [9.17, 15) is 4.79 Å². The molecule has 3 heterocycles. The summed E-state index contributed by atoms with van der Waals surface area (Å²) in [6, 6.07) is 14.0. The Labute approximate surface area is 141 Å². The van der Waals surface area contributed by atoms with Crippen LogP contribution in [-0.4, -0.2) is 10.7 Å². The first-order chi connectivity index (χ1) is 11.2. The fourth-order valence-electron chi connectivity index (χ4n) is 2.91. The summed E-state index contributed by atoms with van der Waals surface area (Å²) in [5.41, 5.74) is 4.43. The van der Waals surface area contributed by atoms with Gasteiger partial charge in [0.15, 0.2) is 6.29 Å². The maximum Gasteiger partial charge on any atom is 0.167 e. The number of fused-ring (bicyclic) bond motifs is 2. The minimum absolute atomic E-state index is 0.619. The number of pyridine rings is 1. The summed E-state index contributed by atoms with van der Waals surface area (Å²) < 4.78 is 8.88. The minimum Gasteiger partial charge on any atom is -0.456 e. The van der Waals surface area contributed by atoms with Gasteiger partial charge in [0.25, 0.3) is 0 Å². The van der Waals surface area contributed by atoms with Crippen LogP contribution in [0.25, 0.3) is 27.8 Å². The number of halogens is 1. The fourth-order valence-corrected chi connectivity index (χ4v) is 3.29. The molecule has 3 nitrogen and oxygen atoms in total. The zero-order valence-electron chi connectivity index (χ0n) is 12.5. The van der Waals surface area contributed by atoms with Gasteiger partial charge >= 0.3 is 0 Å². The van der Waals surface area contributed by atoms with E-state index in [2.05, 4.69) is 28.9 Å². The van der Waals surface area contributed by atoms with Gasteiger partial charge in [-0.3, -0.25) is 4.79 Å². The Bertz CT molecular complexity index is 1040. The summed E-state index contributed by atoms with van der Waals surface area (Å²) in [6.45, 7) is 2.10. The van der Waals surface area contributed by atoms with Crippen molar-refractivity contribution < 1.29 is 9.21 Å². The molecule has 0 bridgehead atoms. The maximum atomic E-state index is 11.7. The van der Waals surface area contributed by atoms with Crippen LogP contribution in [0.5, 0.6) is 0 Å². The lowest BCUT2D eigenvalue weighted by Crippen LogP contribution is -1.94. The van der Waals surface area contributed by atoms with Crippen molar-refractivity contribution in [1.82, 2.24) is 4.40 Å². The Morgan fingerprint density at radius 3 is 2.83 bits per heavy atom. The van der Waals surface area contributed by atoms with Gasteiger partial charge in [-0.25, -0.2) is 0 Å². The number of carbonyl (C=O) groups is 1. The molecule has 4 heteroatoms. The molecule has 0 N–H and O–H groups in total. The Balaban J connectivity index is 1.97. The van der Waals surface area contributed by atoms with Crippen LogP contribution in [0, 0.1) is 0 Å². The Morgan fingerprint density at radius 1 is 1.17 bits per heavy atom. The smallest absolute Gasteiger partial charge is 0.167 e. The van der Waals surface area contributed by atoms with Crippen molar-refractivity contribution in [3.63, 3.8) is 0 Å². The number of benzene rings is 1. The zero-order valence-corrected chi connectivity index (χ0v) is 14.1. The van der Waals surface area contributed by atoms with Gasteiger partial charge < -0.3 is 8.82 Å². The van der Waals surface area contributed by atoms with Crippen molar-refractivity contribution in [2.24, 2.45) is 0 Å². The highest BCUT2D eigenvalue weighted by Crippen LogP contribution is 2.33. The lowest BCUT2D eigenvalue weighted by molar-refractivity contribution is 0.111. The summed E-state index contributed by atoms with van der Waals surface area (Å²) in [4.78, 5) is 11.7. The van der Waals surface area contributed by atoms with Crippen LogP contribution in [0.1, 0.15) is 23.0 Å². The fraction of sp³-hybridized carbons (Fsp3) is 0.105. The van der Waals surface area contributed by atoms with E-state index >= 15 is 0 Å². The summed E-state index contributed by atoms with van der Waals surface area (Å²) in [7, 11) is 0. The third kappa shape index (κ3) is 2.30. The Morgan fingerprint density at radius 2 is 2.04 bits per heavy atom. The average molecular weight is 368 g/mol. The topological polar surface area (TPSA) is 34.6 Å². The molecule has 0 radical (unpaired) electrons. The van der Waals surface area contributed by atoms with E-state index in [1.807, 2.05) is 47.0 Å². The van der Waals surface area contributed by atoms with Crippen molar-refractivity contribution in [2.75, 3.05) is 0 Å².